The Labute approximate surface area is 147 Å². The Kier molecular flexibility index (Phi) is 4.75. The molecule has 3 aromatic rings. The van der Waals surface area contributed by atoms with Gasteiger partial charge in [0.1, 0.15) is 5.75 Å². The van der Waals surface area contributed by atoms with Gasteiger partial charge < -0.3 is 14.6 Å². The van der Waals surface area contributed by atoms with Crippen molar-refractivity contribution in [3.63, 3.8) is 0 Å². The minimum absolute atomic E-state index is 0.0265. The van der Waals surface area contributed by atoms with Crippen LogP contribution in [0.25, 0.3) is 12.2 Å². The Balaban J connectivity index is 1.77. The summed E-state index contributed by atoms with van der Waals surface area (Å²) < 4.78 is 5.11. The lowest BCUT2D eigenvalue weighted by Crippen LogP contribution is -1.87. The van der Waals surface area contributed by atoms with Crippen molar-refractivity contribution in [2.45, 2.75) is 0 Å². The molecule has 0 fully saturated rings. The first-order valence-electron chi connectivity index (χ1n) is 7.47. The van der Waals surface area contributed by atoms with E-state index in [1.807, 2.05) is 0 Å². The summed E-state index contributed by atoms with van der Waals surface area (Å²) in [5.41, 5.74) is 1.17. The standard InChI is InChI=1S/C18H13N3O5/c22-15-6-2-4-13(10-15)19-11-16-18(23)26-17(20-16)8-7-12-3-1-5-14(9-12)21(24)25/h1-11,22-23H/b8-7+,19-11?. The van der Waals surface area contributed by atoms with Crippen LogP contribution in [0.15, 0.2) is 57.9 Å². The molecule has 0 bridgehead atoms. The number of hydrogen-bond acceptors (Lipinski definition) is 7. The molecule has 1 aromatic heterocycles. The zero-order valence-electron chi connectivity index (χ0n) is 13.3. The van der Waals surface area contributed by atoms with Gasteiger partial charge in [-0.15, -0.1) is 0 Å². The van der Waals surface area contributed by atoms with E-state index in [1.54, 1.807) is 30.3 Å². The van der Waals surface area contributed by atoms with Crippen LogP contribution in [0.5, 0.6) is 11.7 Å². The predicted octanol–water partition coefficient (Wildman–Crippen LogP) is 3.92. The van der Waals surface area contributed by atoms with Gasteiger partial charge in [0.2, 0.25) is 5.89 Å². The molecular formula is C18H13N3O5. The van der Waals surface area contributed by atoms with Crippen molar-refractivity contribution in [1.82, 2.24) is 4.98 Å². The second kappa shape index (κ2) is 7.31. The van der Waals surface area contributed by atoms with Crippen molar-refractivity contribution in [2.24, 2.45) is 4.99 Å². The van der Waals surface area contributed by atoms with E-state index in [0.717, 1.165) is 0 Å². The van der Waals surface area contributed by atoms with Gasteiger partial charge in [0.25, 0.3) is 5.69 Å². The fraction of sp³-hybridized carbons (Fsp3) is 0. The van der Waals surface area contributed by atoms with E-state index >= 15 is 0 Å². The third-order valence-electron chi connectivity index (χ3n) is 3.32. The summed E-state index contributed by atoms with van der Waals surface area (Å²) in [7, 11) is 0. The number of nitro benzene ring substituents is 1. The summed E-state index contributed by atoms with van der Waals surface area (Å²) in [6.07, 6.45) is 4.36. The van der Waals surface area contributed by atoms with Crippen molar-refractivity contribution >= 4 is 29.7 Å². The highest BCUT2D eigenvalue weighted by atomic mass is 16.6. The topological polar surface area (TPSA) is 122 Å². The van der Waals surface area contributed by atoms with Gasteiger partial charge in [-0.05, 0) is 23.8 Å². The van der Waals surface area contributed by atoms with E-state index in [-0.39, 0.29) is 23.0 Å². The number of nitro groups is 1. The van der Waals surface area contributed by atoms with Crippen molar-refractivity contribution in [1.29, 1.82) is 0 Å². The fourth-order valence-electron chi connectivity index (χ4n) is 2.11. The molecule has 130 valence electrons. The molecule has 8 nitrogen and oxygen atoms in total. The molecule has 0 radical (unpaired) electrons. The predicted molar refractivity (Wildman–Crippen MR) is 95.6 cm³/mol. The van der Waals surface area contributed by atoms with Crippen LogP contribution in [-0.2, 0) is 0 Å². The highest BCUT2D eigenvalue weighted by molar-refractivity contribution is 5.82. The normalized spacial score (nSPS) is 11.4. The minimum atomic E-state index is -0.482. The molecule has 0 amide bonds. The van der Waals surface area contributed by atoms with Gasteiger partial charge in [0.15, 0.2) is 5.69 Å². The third kappa shape index (κ3) is 4.12. The van der Waals surface area contributed by atoms with Gasteiger partial charge in [-0.3, -0.25) is 15.1 Å². The molecule has 0 atom stereocenters. The molecule has 0 aliphatic carbocycles. The zero-order chi connectivity index (χ0) is 18.5. The SMILES string of the molecule is O=[N+]([O-])c1cccc(/C=C/c2nc(C=Nc3cccc(O)c3)c(O)o2)c1. The Bertz CT molecular complexity index is 1010. The average molecular weight is 351 g/mol. The van der Waals surface area contributed by atoms with E-state index in [0.29, 0.717) is 11.3 Å². The van der Waals surface area contributed by atoms with E-state index in [9.17, 15) is 20.3 Å². The van der Waals surface area contributed by atoms with Gasteiger partial charge in [-0.2, -0.15) is 0 Å². The molecule has 1 heterocycles. The van der Waals surface area contributed by atoms with E-state index < -0.39 is 10.9 Å². The first kappa shape index (κ1) is 16.9. The monoisotopic (exact) mass is 351 g/mol. The molecule has 0 aliphatic rings. The summed E-state index contributed by atoms with van der Waals surface area (Å²) in [5.74, 6) is -0.219. The number of benzene rings is 2. The van der Waals surface area contributed by atoms with Gasteiger partial charge >= 0.3 is 5.95 Å². The fourth-order valence-corrected chi connectivity index (χ4v) is 2.11. The summed E-state index contributed by atoms with van der Waals surface area (Å²) >= 11 is 0. The van der Waals surface area contributed by atoms with Crippen LogP contribution in [0.2, 0.25) is 0 Å². The summed E-state index contributed by atoms with van der Waals surface area (Å²) in [4.78, 5) is 18.5. The molecule has 8 heteroatoms. The van der Waals surface area contributed by atoms with E-state index in [2.05, 4.69) is 9.98 Å². The maximum atomic E-state index is 10.8. The van der Waals surface area contributed by atoms with E-state index in [4.69, 9.17) is 4.42 Å². The molecule has 26 heavy (non-hydrogen) atoms. The number of non-ortho nitro benzene ring substituents is 1. The van der Waals surface area contributed by atoms with Crippen LogP contribution in [0.3, 0.4) is 0 Å². The summed E-state index contributed by atoms with van der Waals surface area (Å²) in [6.45, 7) is 0. The molecule has 0 saturated carbocycles. The number of phenolic OH excluding ortho intramolecular Hbond substituents is 1. The number of aliphatic imine (C=N–C) groups is 1. The zero-order valence-corrected chi connectivity index (χ0v) is 13.3. The lowest BCUT2D eigenvalue weighted by Gasteiger charge is -1.93. The Morgan fingerprint density at radius 2 is 1.92 bits per heavy atom. The van der Waals surface area contributed by atoms with Crippen molar-refractivity contribution in [3.05, 3.63) is 75.8 Å². The molecule has 2 aromatic carbocycles. The molecular weight excluding hydrogens is 338 g/mol. The lowest BCUT2D eigenvalue weighted by atomic mass is 10.2. The van der Waals surface area contributed by atoms with Crippen LogP contribution in [0.1, 0.15) is 17.1 Å². The van der Waals surface area contributed by atoms with Crippen LogP contribution in [-0.4, -0.2) is 26.3 Å². The van der Waals surface area contributed by atoms with Crippen LogP contribution in [0.4, 0.5) is 11.4 Å². The second-order valence-corrected chi connectivity index (χ2v) is 5.21. The van der Waals surface area contributed by atoms with Crippen LogP contribution in [0, 0.1) is 10.1 Å². The number of aromatic nitrogens is 1. The maximum absolute atomic E-state index is 10.8. The number of rotatable bonds is 5. The van der Waals surface area contributed by atoms with Gasteiger partial charge in [0, 0.05) is 24.3 Å². The molecule has 0 spiro atoms. The van der Waals surface area contributed by atoms with Gasteiger partial charge in [-0.25, -0.2) is 4.98 Å². The number of nitrogens with zero attached hydrogens (tertiary/aromatic N) is 3. The second-order valence-electron chi connectivity index (χ2n) is 5.21. The number of hydrogen-bond donors (Lipinski definition) is 2. The molecule has 3 rings (SSSR count). The molecule has 0 saturated heterocycles. The van der Waals surface area contributed by atoms with Crippen LogP contribution >= 0.6 is 0 Å². The summed E-state index contributed by atoms with van der Waals surface area (Å²) in [6, 6.07) is 12.3. The average Bonchev–Trinajstić information content (AvgIpc) is 2.98. The smallest absolute Gasteiger partial charge is 0.312 e. The largest absolute Gasteiger partial charge is 0.508 e. The Hall–Kier alpha value is -3.94. The number of oxazole rings is 1. The van der Waals surface area contributed by atoms with Gasteiger partial charge in [0.05, 0.1) is 16.8 Å². The lowest BCUT2D eigenvalue weighted by molar-refractivity contribution is -0.384. The Morgan fingerprint density at radius 1 is 1.12 bits per heavy atom. The maximum Gasteiger partial charge on any atom is 0.312 e. The first-order chi connectivity index (χ1) is 12.5. The first-order valence-corrected chi connectivity index (χ1v) is 7.47. The number of phenols is 1. The molecule has 2 N–H and O–H groups in total. The van der Waals surface area contributed by atoms with Gasteiger partial charge in [-0.1, -0.05) is 18.2 Å². The van der Waals surface area contributed by atoms with Crippen molar-refractivity contribution in [3.8, 4) is 11.7 Å². The Morgan fingerprint density at radius 3 is 2.69 bits per heavy atom. The summed E-state index contributed by atoms with van der Waals surface area (Å²) in [5, 5.41) is 29.9. The highest BCUT2D eigenvalue weighted by Gasteiger charge is 2.09. The van der Waals surface area contributed by atoms with Crippen molar-refractivity contribution < 1.29 is 19.6 Å². The minimum Gasteiger partial charge on any atom is -0.508 e. The third-order valence-corrected chi connectivity index (χ3v) is 3.32. The molecule has 0 aliphatic heterocycles. The van der Waals surface area contributed by atoms with E-state index in [1.165, 1.54) is 36.6 Å². The highest BCUT2D eigenvalue weighted by Crippen LogP contribution is 2.22. The quantitative estimate of drug-likeness (QED) is 0.408. The molecule has 0 unspecified atom stereocenters. The number of aromatic hydroxyl groups is 2. The van der Waals surface area contributed by atoms with Crippen LogP contribution < -0.4 is 0 Å². The van der Waals surface area contributed by atoms with Crippen molar-refractivity contribution in [2.75, 3.05) is 0 Å².